The molecular weight excluding hydrogens is 326 g/mol. The Labute approximate surface area is 152 Å². The van der Waals surface area contributed by atoms with Gasteiger partial charge < -0.3 is 10.2 Å². The number of hydrogen-bond donors (Lipinski definition) is 2. The molecule has 0 atom stereocenters. The fraction of sp³-hybridized carbons (Fsp3) is 0.0909. The van der Waals surface area contributed by atoms with Gasteiger partial charge in [-0.05, 0) is 37.1 Å². The molecule has 0 aliphatic rings. The molecule has 0 bridgehead atoms. The minimum Gasteiger partial charge on any atom is -0.507 e. The smallest absolute Gasteiger partial charge is 0.196 e. The van der Waals surface area contributed by atoms with Crippen molar-refractivity contribution in [2.75, 3.05) is 0 Å². The monoisotopic (exact) mass is 345 g/mol. The molecular formula is C22H19NO3. The number of benzene rings is 3. The first-order chi connectivity index (χ1) is 12.5. The number of nitrogens with zero attached hydrogens (tertiary/aromatic N) is 1. The Morgan fingerprint density at radius 1 is 0.923 bits per heavy atom. The molecule has 0 radical (unpaired) electrons. The van der Waals surface area contributed by atoms with Crippen LogP contribution in [0.4, 0.5) is 5.69 Å². The maximum Gasteiger partial charge on any atom is 0.196 e. The van der Waals surface area contributed by atoms with E-state index in [4.69, 9.17) is 0 Å². The molecule has 26 heavy (non-hydrogen) atoms. The minimum atomic E-state index is -0.315. The lowest BCUT2D eigenvalue weighted by Crippen LogP contribution is -2.02. The molecule has 0 amide bonds. The summed E-state index contributed by atoms with van der Waals surface area (Å²) in [5.41, 5.74) is 3.90. The van der Waals surface area contributed by atoms with E-state index in [-0.39, 0.29) is 22.8 Å². The fourth-order valence-corrected chi connectivity index (χ4v) is 2.64. The van der Waals surface area contributed by atoms with Crippen LogP contribution in [0, 0.1) is 13.8 Å². The maximum atomic E-state index is 12.6. The highest BCUT2D eigenvalue weighted by Crippen LogP contribution is 2.29. The van der Waals surface area contributed by atoms with Gasteiger partial charge in [-0.3, -0.25) is 9.79 Å². The topological polar surface area (TPSA) is 69.9 Å². The molecule has 0 aliphatic carbocycles. The van der Waals surface area contributed by atoms with Crippen LogP contribution in [0.3, 0.4) is 0 Å². The van der Waals surface area contributed by atoms with Crippen LogP contribution in [-0.4, -0.2) is 22.2 Å². The van der Waals surface area contributed by atoms with Gasteiger partial charge in [-0.2, -0.15) is 0 Å². The zero-order valence-electron chi connectivity index (χ0n) is 14.6. The Kier molecular flexibility index (Phi) is 4.85. The largest absolute Gasteiger partial charge is 0.507 e. The van der Waals surface area contributed by atoms with Crippen LogP contribution in [-0.2, 0) is 0 Å². The lowest BCUT2D eigenvalue weighted by atomic mass is 10.00. The summed E-state index contributed by atoms with van der Waals surface area (Å²) in [6.45, 7) is 3.98. The number of ketones is 1. The summed E-state index contributed by atoms with van der Waals surface area (Å²) < 4.78 is 0. The number of phenolic OH excluding ortho intramolecular Hbond substituents is 2. The van der Waals surface area contributed by atoms with Crippen molar-refractivity contribution in [2.24, 2.45) is 4.99 Å². The molecule has 4 nitrogen and oxygen atoms in total. The first kappa shape index (κ1) is 17.4. The average Bonchev–Trinajstić information content (AvgIpc) is 2.64. The van der Waals surface area contributed by atoms with Gasteiger partial charge >= 0.3 is 0 Å². The molecule has 0 spiro atoms. The van der Waals surface area contributed by atoms with Crippen molar-refractivity contribution in [3.05, 3.63) is 88.5 Å². The van der Waals surface area contributed by atoms with E-state index in [1.54, 1.807) is 24.3 Å². The summed E-state index contributed by atoms with van der Waals surface area (Å²) in [7, 11) is 0. The third-order valence-corrected chi connectivity index (χ3v) is 4.34. The highest BCUT2D eigenvalue weighted by atomic mass is 16.3. The van der Waals surface area contributed by atoms with E-state index < -0.39 is 0 Å². The van der Waals surface area contributed by atoms with Crippen molar-refractivity contribution in [2.45, 2.75) is 13.8 Å². The van der Waals surface area contributed by atoms with Gasteiger partial charge in [0.2, 0.25) is 0 Å². The number of phenols is 2. The zero-order chi connectivity index (χ0) is 18.7. The van der Waals surface area contributed by atoms with Crippen molar-refractivity contribution in [1.29, 1.82) is 0 Å². The molecule has 0 fully saturated rings. The molecule has 2 N–H and O–H groups in total. The van der Waals surface area contributed by atoms with E-state index >= 15 is 0 Å². The number of aliphatic imine (C=N–C) groups is 1. The number of aromatic hydroxyl groups is 2. The normalized spacial score (nSPS) is 11.0. The van der Waals surface area contributed by atoms with Crippen molar-refractivity contribution >= 4 is 17.7 Å². The van der Waals surface area contributed by atoms with Gasteiger partial charge in [0, 0.05) is 23.4 Å². The predicted octanol–water partition coefficient (Wildman–Crippen LogP) is 4.70. The molecule has 0 aromatic heterocycles. The van der Waals surface area contributed by atoms with Gasteiger partial charge in [-0.15, -0.1) is 0 Å². The minimum absolute atomic E-state index is 0.122. The van der Waals surface area contributed by atoms with Gasteiger partial charge in [0.05, 0.1) is 11.3 Å². The predicted molar refractivity (Wildman–Crippen MR) is 103 cm³/mol. The summed E-state index contributed by atoms with van der Waals surface area (Å²) in [6.07, 6.45) is 1.50. The van der Waals surface area contributed by atoms with Crippen molar-refractivity contribution in [3.8, 4) is 11.5 Å². The number of aryl methyl sites for hydroxylation is 1. The Morgan fingerprint density at radius 3 is 2.38 bits per heavy atom. The number of rotatable bonds is 4. The third kappa shape index (κ3) is 3.49. The van der Waals surface area contributed by atoms with E-state index in [1.165, 1.54) is 18.3 Å². The first-order valence-electron chi connectivity index (χ1n) is 8.23. The Hall–Kier alpha value is -3.40. The quantitative estimate of drug-likeness (QED) is 0.532. The summed E-state index contributed by atoms with van der Waals surface area (Å²) in [4.78, 5) is 17.0. The van der Waals surface area contributed by atoms with E-state index in [9.17, 15) is 15.0 Å². The molecule has 0 unspecified atom stereocenters. The number of carbonyl (C=O) groups excluding carboxylic acids is 1. The first-order valence-corrected chi connectivity index (χ1v) is 8.23. The van der Waals surface area contributed by atoms with E-state index in [2.05, 4.69) is 4.99 Å². The lowest BCUT2D eigenvalue weighted by Gasteiger charge is -2.08. The molecule has 0 heterocycles. The molecule has 3 rings (SSSR count). The van der Waals surface area contributed by atoms with Crippen molar-refractivity contribution < 1.29 is 15.0 Å². The number of hydrogen-bond acceptors (Lipinski definition) is 4. The van der Waals surface area contributed by atoms with Crippen LogP contribution in [0.5, 0.6) is 11.5 Å². The van der Waals surface area contributed by atoms with Crippen LogP contribution < -0.4 is 0 Å². The maximum absolute atomic E-state index is 12.6. The Bertz CT molecular complexity index is 992. The Balaban J connectivity index is 2.00. The second kappa shape index (κ2) is 7.23. The highest BCUT2D eigenvalue weighted by Gasteiger charge is 2.16. The second-order valence-electron chi connectivity index (χ2n) is 6.10. The van der Waals surface area contributed by atoms with Crippen molar-refractivity contribution in [3.63, 3.8) is 0 Å². The van der Waals surface area contributed by atoms with Crippen LogP contribution in [0.25, 0.3) is 0 Å². The Morgan fingerprint density at radius 2 is 1.65 bits per heavy atom. The lowest BCUT2D eigenvalue weighted by molar-refractivity contribution is 0.103. The van der Waals surface area contributed by atoms with Crippen LogP contribution in [0.1, 0.15) is 32.6 Å². The van der Waals surface area contributed by atoms with Crippen LogP contribution in [0.15, 0.2) is 65.7 Å². The standard InChI is InChI=1S/C22H19NO3/c1-14-7-6-10-19(15(14)2)23-13-17-11-18(21(25)12-20(17)24)22(26)16-8-4-3-5-9-16/h3-13,24-25H,1-2H3. The van der Waals surface area contributed by atoms with Gasteiger partial charge in [-0.1, -0.05) is 42.5 Å². The van der Waals surface area contributed by atoms with Gasteiger partial charge in [0.1, 0.15) is 11.5 Å². The second-order valence-corrected chi connectivity index (χ2v) is 6.10. The van der Waals surface area contributed by atoms with Crippen molar-refractivity contribution in [1.82, 2.24) is 0 Å². The zero-order valence-corrected chi connectivity index (χ0v) is 14.6. The summed E-state index contributed by atoms with van der Waals surface area (Å²) >= 11 is 0. The van der Waals surface area contributed by atoms with E-state index in [0.29, 0.717) is 11.1 Å². The molecule has 4 heteroatoms. The molecule has 130 valence electrons. The molecule has 0 aliphatic heterocycles. The van der Waals surface area contributed by atoms with Gasteiger partial charge in [0.25, 0.3) is 0 Å². The summed E-state index contributed by atoms with van der Waals surface area (Å²) in [5, 5.41) is 20.2. The summed E-state index contributed by atoms with van der Waals surface area (Å²) in [5.74, 6) is -0.717. The van der Waals surface area contributed by atoms with Gasteiger partial charge in [-0.25, -0.2) is 0 Å². The van der Waals surface area contributed by atoms with E-state index in [0.717, 1.165) is 16.8 Å². The third-order valence-electron chi connectivity index (χ3n) is 4.34. The average molecular weight is 345 g/mol. The fourth-order valence-electron chi connectivity index (χ4n) is 2.64. The molecule has 0 saturated carbocycles. The SMILES string of the molecule is Cc1cccc(N=Cc2cc(C(=O)c3ccccc3)c(O)cc2O)c1C. The van der Waals surface area contributed by atoms with E-state index in [1.807, 2.05) is 38.1 Å². The van der Waals surface area contributed by atoms with Crippen LogP contribution in [0.2, 0.25) is 0 Å². The van der Waals surface area contributed by atoms with Gasteiger partial charge in [0.15, 0.2) is 5.78 Å². The highest BCUT2D eigenvalue weighted by molar-refractivity contribution is 6.11. The molecule has 0 saturated heterocycles. The molecule has 3 aromatic rings. The summed E-state index contributed by atoms with van der Waals surface area (Å²) in [6, 6.07) is 17.1. The molecule has 3 aromatic carbocycles. The van der Waals surface area contributed by atoms with Crippen LogP contribution >= 0.6 is 0 Å². The number of carbonyl (C=O) groups is 1.